The molecule has 14 heavy (non-hydrogen) atoms. The zero-order valence-electron chi connectivity index (χ0n) is 8.66. The van der Waals surface area contributed by atoms with Gasteiger partial charge < -0.3 is 10.6 Å². The van der Waals surface area contributed by atoms with Gasteiger partial charge in [-0.1, -0.05) is 6.92 Å². The first kappa shape index (κ1) is 12.2. The molecule has 0 amide bonds. The van der Waals surface area contributed by atoms with E-state index in [1.54, 1.807) is 11.3 Å². The Hall–Kier alpha value is 0.1000. The van der Waals surface area contributed by atoms with E-state index in [9.17, 15) is 0 Å². The average Bonchev–Trinajstić information content (AvgIpc) is 2.50. The van der Waals surface area contributed by atoms with Gasteiger partial charge in [0, 0.05) is 27.8 Å². The molecule has 0 aromatic carbocycles. The van der Waals surface area contributed by atoms with Crippen LogP contribution in [0, 0.1) is 5.92 Å². The average molecular weight is 277 g/mol. The Morgan fingerprint density at radius 1 is 1.64 bits per heavy atom. The minimum Gasteiger partial charge on any atom is -0.330 e. The Labute approximate surface area is 98.2 Å². The van der Waals surface area contributed by atoms with Crippen molar-refractivity contribution in [1.29, 1.82) is 0 Å². The normalized spacial score (nSPS) is 13.5. The molecule has 4 heteroatoms. The Bertz CT molecular complexity index is 275. The molecule has 1 aromatic rings. The fraction of sp³-hybridized carbons (Fsp3) is 0.600. The van der Waals surface area contributed by atoms with Crippen LogP contribution in [0.1, 0.15) is 11.8 Å². The van der Waals surface area contributed by atoms with Crippen molar-refractivity contribution in [2.45, 2.75) is 13.5 Å². The van der Waals surface area contributed by atoms with Crippen molar-refractivity contribution in [3.05, 3.63) is 20.8 Å². The molecule has 1 aromatic heterocycles. The highest BCUT2D eigenvalue weighted by Gasteiger charge is 2.06. The summed E-state index contributed by atoms with van der Waals surface area (Å²) in [7, 11) is 2.14. The fourth-order valence-electron chi connectivity index (χ4n) is 1.37. The maximum atomic E-state index is 5.59. The molecule has 0 aliphatic rings. The first-order valence-electron chi connectivity index (χ1n) is 4.73. The summed E-state index contributed by atoms with van der Waals surface area (Å²) in [5, 5.41) is 2.12. The van der Waals surface area contributed by atoms with Crippen molar-refractivity contribution in [2.24, 2.45) is 11.7 Å². The van der Waals surface area contributed by atoms with Crippen LogP contribution in [0.3, 0.4) is 0 Å². The number of nitrogens with two attached hydrogens (primary N) is 1. The van der Waals surface area contributed by atoms with Crippen molar-refractivity contribution in [3.63, 3.8) is 0 Å². The molecule has 1 rings (SSSR count). The maximum Gasteiger partial charge on any atom is 0.0325 e. The largest absolute Gasteiger partial charge is 0.330 e. The van der Waals surface area contributed by atoms with Crippen molar-refractivity contribution < 1.29 is 0 Å². The quantitative estimate of drug-likeness (QED) is 0.896. The lowest BCUT2D eigenvalue weighted by molar-refractivity contribution is 0.284. The second-order valence-corrected chi connectivity index (χ2v) is 5.68. The van der Waals surface area contributed by atoms with Gasteiger partial charge in [0.2, 0.25) is 0 Å². The molecule has 0 bridgehead atoms. The summed E-state index contributed by atoms with van der Waals surface area (Å²) in [5.41, 5.74) is 5.59. The fourth-order valence-corrected chi connectivity index (χ4v) is 2.90. The van der Waals surface area contributed by atoms with E-state index in [4.69, 9.17) is 5.73 Å². The molecular formula is C10H17BrN2S. The minimum absolute atomic E-state index is 0.573. The highest BCUT2D eigenvalue weighted by molar-refractivity contribution is 9.10. The van der Waals surface area contributed by atoms with Gasteiger partial charge in [0.15, 0.2) is 0 Å². The van der Waals surface area contributed by atoms with Crippen LogP contribution >= 0.6 is 27.3 Å². The third-order valence-corrected chi connectivity index (χ3v) is 3.76. The molecule has 1 unspecified atom stereocenters. The predicted molar refractivity (Wildman–Crippen MR) is 66.6 cm³/mol. The number of rotatable bonds is 5. The van der Waals surface area contributed by atoms with Gasteiger partial charge in [-0.25, -0.2) is 0 Å². The van der Waals surface area contributed by atoms with Gasteiger partial charge in [-0.15, -0.1) is 11.3 Å². The van der Waals surface area contributed by atoms with Crippen LogP contribution in [0.4, 0.5) is 0 Å². The first-order chi connectivity index (χ1) is 6.61. The first-order valence-corrected chi connectivity index (χ1v) is 6.40. The third kappa shape index (κ3) is 4.09. The predicted octanol–water partition coefficient (Wildman–Crippen LogP) is 2.54. The van der Waals surface area contributed by atoms with Crippen LogP contribution in [0.15, 0.2) is 15.9 Å². The molecule has 0 fully saturated rings. The lowest BCUT2D eigenvalue weighted by Gasteiger charge is -2.19. The second kappa shape index (κ2) is 5.85. The van der Waals surface area contributed by atoms with Gasteiger partial charge in [0.05, 0.1) is 0 Å². The zero-order valence-corrected chi connectivity index (χ0v) is 11.1. The highest BCUT2D eigenvalue weighted by Crippen LogP contribution is 2.20. The van der Waals surface area contributed by atoms with E-state index in [1.165, 1.54) is 9.35 Å². The Morgan fingerprint density at radius 2 is 2.36 bits per heavy atom. The molecule has 2 nitrogen and oxygen atoms in total. The van der Waals surface area contributed by atoms with Gasteiger partial charge in [-0.3, -0.25) is 0 Å². The summed E-state index contributed by atoms with van der Waals surface area (Å²) in [6.45, 7) is 5.02. The van der Waals surface area contributed by atoms with Gasteiger partial charge in [0.1, 0.15) is 0 Å². The maximum absolute atomic E-state index is 5.59. The lowest BCUT2D eigenvalue weighted by atomic mass is 10.2. The zero-order chi connectivity index (χ0) is 10.6. The number of halogens is 1. The van der Waals surface area contributed by atoms with E-state index in [2.05, 4.69) is 46.2 Å². The number of hydrogen-bond acceptors (Lipinski definition) is 3. The molecule has 0 radical (unpaired) electrons. The number of nitrogens with zero attached hydrogens (tertiary/aromatic N) is 1. The lowest BCUT2D eigenvalue weighted by Crippen LogP contribution is -2.27. The van der Waals surface area contributed by atoms with Crippen LogP contribution in [0.25, 0.3) is 0 Å². The molecule has 0 saturated carbocycles. The van der Waals surface area contributed by atoms with Gasteiger partial charge in [-0.05, 0) is 41.5 Å². The van der Waals surface area contributed by atoms with Crippen molar-refractivity contribution >= 4 is 27.3 Å². The van der Waals surface area contributed by atoms with Crippen molar-refractivity contribution in [3.8, 4) is 0 Å². The number of thiophene rings is 1. The molecule has 1 atom stereocenters. The molecule has 0 spiro atoms. The summed E-state index contributed by atoms with van der Waals surface area (Å²) in [6, 6.07) is 2.17. The van der Waals surface area contributed by atoms with Crippen LogP contribution in [0.2, 0.25) is 0 Å². The monoisotopic (exact) mass is 276 g/mol. The van der Waals surface area contributed by atoms with Crippen molar-refractivity contribution in [2.75, 3.05) is 20.1 Å². The molecule has 0 aliphatic carbocycles. The van der Waals surface area contributed by atoms with Crippen molar-refractivity contribution in [1.82, 2.24) is 4.90 Å². The van der Waals surface area contributed by atoms with E-state index in [0.717, 1.165) is 19.6 Å². The Kier molecular flexibility index (Phi) is 5.09. The smallest absolute Gasteiger partial charge is 0.0325 e. The van der Waals surface area contributed by atoms with E-state index in [0.29, 0.717) is 5.92 Å². The SMILES string of the molecule is CC(CN)CN(C)Cc1cc(Br)cs1. The second-order valence-electron chi connectivity index (χ2n) is 3.77. The van der Waals surface area contributed by atoms with Crippen LogP contribution in [0.5, 0.6) is 0 Å². The van der Waals surface area contributed by atoms with Gasteiger partial charge in [-0.2, -0.15) is 0 Å². The summed E-state index contributed by atoms with van der Waals surface area (Å²) >= 11 is 5.25. The summed E-state index contributed by atoms with van der Waals surface area (Å²) in [5.74, 6) is 0.573. The van der Waals surface area contributed by atoms with Gasteiger partial charge in [0.25, 0.3) is 0 Å². The molecule has 80 valence electrons. The molecule has 2 N–H and O–H groups in total. The topological polar surface area (TPSA) is 29.3 Å². The minimum atomic E-state index is 0.573. The molecule has 0 aliphatic heterocycles. The molecule has 0 saturated heterocycles. The third-order valence-electron chi connectivity index (χ3n) is 2.07. The highest BCUT2D eigenvalue weighted by atomic mass is 79.9. The summed E-state index contributed by atoms with van der Waals surface area (Å²) in [4.78, 5) is 3.71. The molecule has 1 heterocycles. The van der Waals surface area contributed by atoms with E-state index in [-0.39, 0.29) is 0 Å². The van der Waals surface area contributed by atoms with E-state index >= 15 is 0 Å². The van der Waals surface area contributed by atoms with Crippen LogP contribution < -0.4 is 5.73 Å². The van der Waals surface area contributed by atoms with Crippen LogP contribution in [-0.2, 0) is 6.54 Å². The Balaban J connectivity index is 2.37. The van der Waals surface area contributed by atoms with E-state index < -0.39 is 0 Å². The molecular weight excluding hydrogens is 260 g/mol. The number of hydrogen-bond donors (Lipinski definition) is 1. The summed E-state index contributed by atoms with van der Waals surface area (Å²) in [6.07, 6.45) is 0. The van der Waals surface area contributed by atoms with E-state index in [1.807, 2.05) is 0 Å². The Morgan fingerprint density at radius 3 is 2.86 bits per heavy atom. The van der Waals surface area contributed by atoms with Crippen LogP contribution in [-0.4, -0.2) is 25.0 Å². The summed E-state index contributed by atoms with van der Waals surface area (Å²) < 4.78 is 1.18. The van der Waals surface area contributed by atoms with Gasteiger partial charge >= 0.3 is 0 Å². The standard InChI is InChI=1S/C10H17BrN2S/c1-8(4-12)5-13(2)6-10-3-9(11)7-14-10/h3,7-8H,4-6,12H2,1-2H3.